The highest BCUT2D eigenvalue weighted by Crippen LogP contribution is 2.27. The molecule has 0 unspecified atom stereocenters. The molecule has 0 bridgehead atoms. The van der Waals surface area contributed by atoms with Gasteiger partial charge in [-0.3, -0.25) is 4.79 Å². The van der Waals surface area contributed by atoms with E-state index in [1.165, 1.54) is 12.1 Å². The number of aryl methyl sites for hydroxylation is 1. The molecule has 124 valence electrons. The molecule has 1 amide bonds. The summed E-state index contributed by atoms with van der Waals surface area (Å²) in [5.41, 5.74) is 1.84. The number of hydrogen-bond donors (Lipinski definition) is 2. The lowest BCUT2D eigenvalue weighted by Crippen LogP contribution is -2.38. The summed E-state index contributed by atoms with van der Waals surface area (Å²) in [5.74, 6) is -1.68. The number of carbonyl (C=O) groups excluding carboxylic acids is 2. The molecule has 0 saturated heterocycles. The van der Waals surface area contributed by atoms with Crippen molar-refractivity contribution >= 4 is 17.6 Å². The molecular weight excluding hydrogens is 310 g/mol. The van der Waals surface area contributed by atoms with Crippen LogP contribution in [0.25, 0.3) is 0 Å². The van der Waals surface area contributed by atoms with Crippen LogP contribution in [0.15, 0.2) is 42.5 Å². The van der Waals surface area contributed by atoms with Gasteiger partial charge in [-0.25, -0.2) is 4.79 Å². The first kappa shape index (κ1) is 15.9. The molecular formula is C18H17NO5. The number of phenolic OH excluding ortho intramolecular Hbond substituents is 2. The van der Waals surface area contributed by atoms with E-state index in [0.29, 0.717) is 6.54 Å². The number of rotatable bonds is 3. The molecule has 0 atom stereocenters. The number of phenols is 2. The summed E-state index contributed by atoms with van der Waals surface area (Å²) in [7, 11) is 0. The lowest BCUT2D eigenvalue weighted by Gasteiger charge is -2.29. The molecule has 6 heteroatoms. The third-order valence-corrected chi connectivity index (χ3v) is 3.94. The van der Waals surface area contributed by atoms with E-state index in [2.05, 4.69) is 0 Å². The second-order valence-corrected chi connectivity index (χ2v) is 5.56. The van der Waals surface area contributed by atoms with Gasteiger partial charge >= 0.3 is 5.97 Å². The van der Waals surface area contributed by atoms with E-state index < -0.39 is 18.3 Å². The summed E-state index contributed by atoms with van der Waals surface area (Å²) in [4.78, 5) is 26.0. The van der Waals surface area contributed by atoms with Gasteiger partial charge in [-0.15, -0.1) is 0 Å². The number of aromatic hydroxyl groups is 2. The normalized spacial score (nSPS) is 13.2. The van der Waals surface area contributed by atoms with E-state index in [-0.39, 0.29) is 17.2 Å². The van der Waals surface area contributed by atoms with Gasteiger partial charge in [0.25, 0.3) is 5.91 Å². The second-order valence-electron chi connectivity index (χ2n) is 5.56. The number of nitrogens with zero attached hydrogens (tertiary/aromatic N) is 1. The standard InChI is InChI=1S/C18H17NO5/c20-13-7-8-14(16(21)10-13)18(23)24-11-17(22)19-9-3-5-12-4-1-2-6-15(12)19/h1-2,4,6-8,10,20-21H,3,5,9,11H2. The Morgan fingerprint density at radius 2 is 1.92 bits per heavy atom. The minimum atomic E-state index is -0.814. The van der Waals surface area contributed by atoms with Gasteiger partial charge in [-0.2, -0.15) is 0 Å². The number of ether oxygens (including phenoxy) is 1. The highest BCUT2D eigenvalue weighted by atomic mass is 16.5. The van der Waals surface area contributed by atoms with E-state index in [4.69, 9.17) is 4.74 Å². The average Bonchev–Trinajstić information content (AvgIpc) is 2.59. The predicted molar refractivity (Wildman–Crippen MR) is 87.2 cm³/mol. The monoisotopic (exact) mass is 327 g/mol. The van der Waals surface area contributed by atoms with Crippen LogP contribution in [0.5, 0.6) is 11.5 Å². The van der Waals surface area contributed by atoms with Crippen LogP contribution in [-0.4, -0.2) is 35.2 Å². The first-order valence-electron chi connectivity index (χ1n) is 7.63. The second kappa shape index (κ2) is 6.62. The molecule has 0 saturated carbocycles. The summed E-state index contributed by atoms with van der Waals surface area (Å²) in [6.07, 6.45) is 1.77. The Labute approximate surface area is 138 Å². The van der Waals surface area contributed by atoms with Crippen LogP contribution in [-0.2, 0) is 16.0 Å². The van der Waals surface area contributed by atoms with E-state index in [1.807, 2.05) is 24.3 Å². The molecule has 0 fully saturated rings. The zero-order valence-electron chi connectivity index (χ0n) is 12.9. The maximum absolute atomic E-state index is 12.4. The van der Waals surface area contributed by atoms with Gasteiger partial charge in [0.1, 0.15) is 17.1 Å². The first-order chi connectivity index (χ1) is 11.6. The van der Waals surface area contributed by atoms with Crippen LogP contribution in [0, 0.1) is 0 Å². The fourth-order valence-corrected chi connectivity index (χ4v) is 2.77. The molecule has 2 aromatic rings. The van der Waals surface area contributed by atoms with Gasteiger partial charge in [-0.05, 0) is 36.6 Å². The molecule has 0 spiro atoms. The van der Waals surface area contributed by atoms with Crippen molar-refractivity contribution in [3.8, 4) is 11.5 Å². The Bertz CT molecular complexity index is 787. The SMILES string of the molecule is O=C(OCC(=O)N1CCCc2ccccc21)c1ccc(O)cc1O. The van der Waals surface area contributed by atoms with Gasteiger partial charge in [0.2, 0.25) is 0 Å². The van der Waals surface area contributed by atoms with Crippen molar-refractivity contribution in [3.05, 3.63) is 53.6 Å². The number of carbonyl (C=O) groups is 2. The summed E-state index contributed by atoms with van der Waals surface area (Å²) in [6.45, 7) is 0.172. The zero-order valence-corrected chi connectivity index (χ0v) is 12.9. The molecule has 0 aromatic heterocycles. The van der Waals surface area contributed by atoms with Crippen LogP contribution in [0.3, 0.4) is 0 Å². The number of esters is 1. The molecule has 1 aliphatic rings. The Hall–Kier alpha value is -3.02. The van der Waals surface area contributed by atoms with Crippen LogP contribution in [0.4, 0.5) is 5.69 Å². The van der Waals surface area contributed by atoms with Crippen molar-refractivity contribution in [2.75, 3.05) is 18.1 Å². The fraction of sp³-hybridized carbons (Fsp3) is 0.222. The molecule has 0 aliphatic carbocycles. The molecule has 1 heterocycles. The van der Waals surface area contributed by atoms with Gasteiger partial charge in [0.15, 0.2) is 6.61 Å². The van der Waals surface area contributed by atoms with Crippen molar-refractivity contribution in [2.24, 2.45) is 0 Å². The van der Waals surface area contributed by atoms with Crippen LogP contribution in [0.2, 0.25) is 0 Å². The van der Waals surface area contributed by atoms with Crippen molar-refractivity contribution < 1.29 is 24.5 Å². The minimum absolute atomic E-state index is 0.0976. The Balaban J connectivity index is 1.67. The number of amides is 1. The molecule has 2 N–H and O–H groups in total. The topological polar surface area (TPSA) is 87.1 Å². The molecule has 24 heavy (non-hydrogen) atoms. The van der Waals surface area contributed by atoms with Crippen LogP contribution >= 0.6 is 0 Å². The van der Waals surface area contributed by atoms with Crippen molar-refractivity contribution in [2.45, 2.75) is 12.8 Å². The average molecular weight is 327 g/mol. The van der Waals surface area contributed by atoms with E-state index in [1.54, 1.807) is 4.90 Å². The zero-order chi connectivity index (χ0) is 17.1. The molecule has 0 radical (unpaired) electrons. The highest BCUT2D eigenvalue weighted by Gasteiger charge is 2.23. The molecule has 6 nitrogen and oxygen atoms in total. The van der Waals surface area contributed by atoms with Crippen LogP contribution < -0.4 is 4.90 Å². The quantitative estimate of drug-likeness (QED) is 0.844. The molecule has 2 aromatic carbocycles. The van der Waals surface area contributed by atoms with Gasteiger partial charge in [-0.1, -0.05) is 18.2 Å². The number of benzene rings is 2. The number of anilines is 1. The lowest BCUT2D eigenvalue weighted by molar-refractivity contribution is -0.121. The maximum Gasteiger partial charge on any atom is 0.342 e. The number of hydrogen-bond acceptors (Lipinski definition) is 5. The summed E-state index contributed by atoms with van der Waals surface area (Å²) < 4.78 is 5.01. The molecule has 1 aliphatic heterocycles. The largest absolute Gasteiger partial charge is 0.508 e. The highest BCUT2D eigenvalue weighted by molar-refractivity contribution is 5.98. The summed E-state index contributed by atoms with van der Waals surface area (Å²) in [5, 5.41) is 18.9. The Kier molecular flexibility index (Phi) is 4.37. The van der Waals surface area contributed by atoms with Crippen molar-refractivity contribution in [3.63, 3.8) is 0 Å². The van der Waals surface area contributed by atoms with Gasteiger partial charge in [0.05, 0.1) is 0 Å². The number of fused-ring (bicyclic) bond motifs is 1. The minimum Gasteiger partial charge on any atom is -0.508 e. The Morgan fingerprint density at radius 1 is 1.12 bits per heavy atom. The van der Waals surface area contributed by atoms with E-state index in [0.717, 1.165) is 30.2 Å². The van der Waals surface area contributed by atoms with E-state index in [9.17, 15) is 19.8 Å². The summed E-state index contributed by atoms with van der Waals surface area (Å²) >= 11 is 0. The Morgan fingerprint density at radius 3 is 2.71 bits per heavy atom. The van der Waals surface area contributed by atoms with Crippen LogP contribution in [0.1, 0.15) is 22.3 Å². The number of para-hydroxylation sites is 1. The molecule has 3 rings (SSSR count). The third-order valence-electron chi connectivity index (χ3n) is 3.94. The maximum atomic E-state index is 12.4. The lowest BCUT2D eigenvalue weighted by atomic mass is 10.0. The predicted octanol–water partition coefficient (Wildman–Crippen LogP) is 2.23. The summed E-state index contributed by atoms with van der Waals surface area (Å²) in [6, 6.07) is 11.2. The fourth-order valence-electron chi connectivity index (χ4n) is 2.77. The van der Waals surface area contributed by atoms with Gasteiger partial charge < -0.3 is 19.8 Å². The van der Waals surface area contributed by atoms with Crippen molar-refractivity contribution in [1.29, 1.82) is 0 Å². The smallest absolute Gasteiger partial charge is 0.342 e. The van der Waals surface area contributed by atoms with E-state index >= 15 is 0 Å². The third kappa shape index (κ3) is 3.17. The van der Waals surface area contributed by atoms with Crippen molar-refractivity contribution in [1.82, 2.24) is 0 Å². The first-order valence-corrected chi connectivity index (χ1v) is 7.63. The van der Waals surface area contributed by atoms with Gasteiger partial charge in [0, 0.05) is 18.3 Å².